The summed E-state index contributed by atoms with van der Waals surface area (Å²) in [4.78, 5) is 29.8. The van der Waals surface area contributed by atoms with Gasteiger partial charge >= 0.3 is 0 Å². The number of thiophene rings is 1. The van der Waals surface area contributed by atoms with E-state index in [-0.39, 0.29) is 11.7 Å². The molecule has 2 aromatic heterocycles. The fraction of sp³-hybridized carbons (Fsp3) is 0.211. The number of para-hydroxylation sites is 2. The van der Waals surface area contributed by atoms with Gasteiger partial charge in [-0.25, -0.2) is 4.98 Å². The number of amides is 1. The summed E-state index contributed by atoms with van der Waals surface area (Å²) in [5.41, 5.74) is 1.95. The monoisotopic (exact) mass is 385 g/mol. The van der Waals surface area contributed by atoms with Crippen molar-refractivity contribution in [2.75, 3.05) is 5.75 Å². The molecule has 0 atom stereocenters. The van der Waals surface area contributed by atoms with Crippen LogP contribution in [-0.4, -0.2) is 27.0 Å². The molecule has 0 aliphatic heterocycles. The van der Waals surface area contributed by atoms with E-state index >= 15 is 0 Å². The smallest absolute Gasteiger partial charge is 0.217 e. The van der Waals surface area contributed by atoms with Crippen molar-refractivity contribution in [1.82, 2.24) is 14.9 Å². The lowest BCUT2D eigenvalue weighted by atomic mass is 10.3. The van der Waals surface area contributed by atoms with Gasteiger partial charge in [-0.05, 0) is 24.3 Å². The second-order valence-corrected chi connectivity index (χ2v) is 7.78. The summed E-state index contributed by atoms with van der Waals surface area (Å²) in [7, 11) is 0. The van der Waals surface area contributed by atoms with E-state index < -0.39 is 0 Å². The van der Waals surface area contributed by atoms with Gasteiger partial charge < -0.3 is 9.88 Å². The third-order valence-electron chi connectivity index (χ3n) is 3.71. The average molecular weight is 386 g/mol. The first-order chi connectivity index (χ1) is 12.6. The van der Waals surface area contributed by atoms with Crippen LogP contribution in [0.4, 0.5) is 0 Å². The molecule has 0 fully saturated rings. The van der Waals surface area contributed by atoms with Crippen molar-refractivity contribution < 1.29 is 9.59 Å². The van der Waals surface area contributed by atoms with E-state index in [1.807, 2.05) is 42.5 Å². The molecule has 5 nitrogen and oxygen atoms in total. The summed E-state index contributed by atoms with van der Waals surface area (Å²) in [6.45, 7) is 6.39. The molecule has 1 N–H and O–H groups in total. The van der Waals surface area contributed by atoms with Gasteiger partial charge in [-0.2, -0.15) is 0 Å². The number of benzene rings is 1. The van der Waals surface area contributed by atoms with Crippen LogP contribution in [0.3, 0.4) is 0 Å². The fourth-order valence-corrected chi connectivity index (χ4v) is 4.39. The van der Waals surface area contributed by atoms with E-state index in [1.54, 1.807) is 0 Å². The number of aromatic nitrogens is 2. The van der Waals surface area contributed by atoms with Crippen LogP contribution in [-0.2, 0) is 17.9 Å². The zero-order valence-electron chi connectivity index (χ0n) is 14.4. The maximum Gasteiger partial charge on any atom is 0.217 e. The van der Waals surface area contributed by atoms with E-state index in [1.165, 1.54) is 30.0 Å². The maximum atomic E-state index is 12.5. The van der Waals surface area contributed by atoms with Gasteiger partial charge in [0.15, 0.2) is 10.9 Å². The van der Waals surface area contributed by atoms with Crippen LogP contribution < -0.4 is 5.32 Å². The van der Waals surface area contributed by atoms with Crippen LogP contribution in [0, 0.1) is 0 Å². The van der Waals surface area contributed by atoms with E-state index in [0.29, 0.717) is 23.7 Å². The van der Waals surface area contributed by atoms with Crippen molar-refractivity contribution in [3.63, 3.8) is 0 Å². The second kappa shape index (κ2) is 8.33. The molecule has 0 bridgehead atoms. The van der Waals surface area contributed by atoms with Crippen molar-refractivity contribution in [2.45, 2.75) is 25.2 Å². The fourth-order valence-electron chi connectivity index (χ4n) is 2.50. The Morgan fingerprint density at radius 2 is 2.12 bits per heavy atom. The number of imidazole rings is 1. The van der Waals surface area contributed by atoms with E-state index in [9.17, 15) is 9.59 Å². The summed E-state index contributed by atoms with van der Waals surface area (Å²) in [5, 5.41) is 3.55. The molecule has 0 saturated carbocycles. The van der Waals surface area contributed by atoms with Crippen LogP contribution in [0.2, 0.25) is 0 Å². The minimum atomic E-state index is -0.0806. The molecule has 0 unspecified atom stereocenters. The topological polar surface area (TPSA) is 64.0 Å². The lowest BCUT2D eigenvalue weighted by Gasteiger charge is -2.05. The van der Waals surface area contributed by atoms with Crippen LogP contribution >= 0.6 is 23.1 Å². The van der Waals surface area contributed by atoms with Crippen LogP contribution in [0.25, 0.3) is 11.0 Å². The van der Waals surface area contributed by atoms with Gasteiger partial charge in [0.05, 0.1) is 28.2 Å². The summed E-state index contributed by atoms with van der Waals surface area (Å²) in [6.07, 6.45) is 1.83. The molecule has 1 aromatic carbocycles. The quantitative estimate of drug-likeness (QED) is 0.363. The average Bonchev–Trinajstić information content (AvgIpc) is 3.23. The van der Waals surface area contributed by atoms with Gasteiger partial charge in [0, 0.05) is 18.3 Å². The van der Waals surface area contributed by atoms with Crippen molar-refractivity contribution in [3.05, 3.63) is 58.8 Å². The standard InChI is InChI=1S/C19H19N3O2S2/c1-3-10-22-16-7-5-4-6-15(16)21-19(22)25-12-17(24)18-9-8-14(26-18)11-20-13(2)23/h3-9H,1,10-12H2,2H3,(H,20,23). The highest BCUT2D eigenvalue weighted by molar-refractivity contribution is 7.99. The zero-order chi connectivity index (χ0) is 18.5. The minimum absolute atomic E-state index is 0.0614. The molecule has 0 aliphatic rings. The molecule has 0 radical (unpaired) electrons. The van der Waals surface area contributed by atoms with Crippen molar-refractivity contribution in [2.24, 2.45) is 0 Å². The molecule has 0 aliphatic carbocycles. The number of hydrogen-bond acceptors (Lipinski definition) is 5. The first kappa shape index (κ1) is 18.4. The number of carbonyl (C=O) groups is 2. The summed E-state index contributed by atoms with van der Waals surface area (Å²) < 4.78 is 2.07. The van der Waals surface area contributed by atoms with Crippen LogP contribution in [0.1, 0.15) is 21.5 Å². The highest BCUT2D eigenvalue weighted by Gasteiger charge is 2.14. The molecule has 3 rings (SSSR count). The zero-order valence-corrected chi connectivity index (χ0v) is 16.0. The van der Waals surface area contributed by atoms with Gasteiger partial charge in [-0.3, -0.25) is 9.59 Å². The largest absolute Gasteiger partial charge is 0.351 e. The Morgan fingerprint density at radius 1 is 1.31 bits per heavy atom. The Balaban J connectivity index is 1.69. The summed E-state index contributed by atoms with van der Waals surface area (Å²) >= 11 is 2.85. The summed E-state index contributed by atoms with van der Waals surface area (Å²) in [6, 6.07) is 11.6. The van der Waals surface area contributed by atoms with Gasteiger partial charge in [0.2, 0.25) is 5.91 Å². The third kappa shape index (κ3) is 4.23. The predicted molar refractivity (Wildman–Crippen MR) is 107 cm³/mol. The predicted octanol–water partition coefficient (Wildman–Crippen LogP) is 3.89. The van der Waals surface area contributed by atoms with E-state index in [2.05, 4.69) is 21.4 Å². The van der Waals surface area contributed by atoms with Gasteiger partial charge in [0.1, 0.15) is 0 Å². The van der Waals surface area contributed by atoms with Crippen molar-refractivity contribution >= 4 is 45.8 Å². The maximum absolute atomic E-state index is 12.5. The van der Waals surface area contributed by atoms with Crippen LogP contribution in [0.5, 0.6) is 0 Å². The number of nitrogens with one attached hydrogen (secondary N) is 1. The number of nitrogens with zero attached hydrogens (tertiary/aromatic N) is 2. The van der Waals surface area contributed by atoms with Gasteiger partial charge in [-0.15, -0.1) is 17.9 Å². The van der Waals surface area contributed by atoms with Gasteiger partial charge in [-0.1, -0.05) is 30.0 Å². The van der Waals surface area contributed by atoms with E-state index in [0.717, 1.165) is 21.1 Å². The molecular weight excluding hydrogens is 366 g/mol. The molecule has 1 amide bonds. The Kier molecular flexibility index (Phi) is 5.90. The summed E-state index contributed by atoms with van der Waals surface area (Å²) in [5.74, 6) is 0.301. The Hall–Kier alpha value is -2.38. The van der Waals surface area contributed by atoms with Crippen LogP contribution in [0.15, 0.2) is 54.2 Å². The Labute approximate surface area is 160 Å². The number of fused-ring (bicyclic) bond motifs is 1. The number of Topliss-reactive ketones (excluding diaryl/α,β-unsaturated/α-hetero) is 1. The first-order valence-electron chi connectivity index (χ1n) is 8.14. The number of allylic oxidation sites excluding steroid dienone is 1. The van der Waals surface area contributed by atoms with Crippen molar-refractivity contribution in [3.8, 4) is 0 Å². The molecule has 0 spiro atoms. The molecule has 134 valence electrons. The van der Waals surface area contributed by atoms with Crippen molar-refractivity contribution in [1.29, 1.82) is 0 Å². The lowest BCUT2D eigenvalue weighted by Crippen LogP contribution is -2.18. The highest BCUT2D eigenvalue weighted by Crippen LogP contribution is 2.26. The lowest BCUT2D eigenvalue weighted by molar-refractivity contribution is -0.119. The highest BCUT2D eigenvalue weighted by atomic mass is 32.2. The second-order valence-electron chi connectivity index (χ2n) is 5.67. The number of hydrogen-bond donors (Lipinski definition) is 1. The molecule has 2 heterocycles. The number of rotatable bonds is 8. The minimum Gasteiger partial charge on any atom is -0.351 e. The molecular formula is C19H19N3O2S2. The third-order valence-corrected chi connectivity index (χ3v) is 5.81. The molecule has 26 heavy (non-hydrogen) atoms. The first-order valence-corrected chi connectivity index (χ1v) is 9.94. The Morgan fingerprint density at radius 3 is 2.88 bits per heavy atom. The Bertz CT molecular complexity index is 959. The number of thioether (sulfide) groups is 1. The molecule has 3 aromatic rings. The van der Waals surface area contributed by atoms with Gasteiger partial charge in [0.25, 0.3) is 0 Å². The molecule has 7 heteroatoms. The number of carbonyl (C=O) groups excluding carboxylic acids is 2. The normalized spacial score (nSPS) is 10.8. The van der Waals surface area contributed by atoms with E-state index in [4.69, 9.17) is 0 Å². The number of ketones is 1. The SMILES string of the molecule is C=CCn1c(SCC(=O)c2ccc(CNC(C)=O)s2)nc2ccccc21. The molecule has 0 saturated heterocycles.